The van der Waals surface area contributed by atoms with Crippen LogP contribution in [0, 0.1) is 19.3 Å². The molecule has 0 aliphatic carbocycles. The van der Waals surface area contributed by atoms with Gasteiger partial charge in [-0.05, 0) is 69.0 Å². The molecule has 1 heterocycles. The van der Waals surface area contributed by atoms with Crippen LogP contribution in [0.4, 0.5) is 0 Å². The highest BCUT2D eigenvalue weighted by atomic mass is 14.8. The summed E-state index contributed by atoms with van der Waals surface area (Å²) in [5.74, 6) is 2.68. The van der Waals surface area contributed by atoms with Crippen molar-refractivity contribution in [3.05, 3.63) is 81.7 Å². The van der Waals surface area contributed by atoms with Gasteiger partial charge in [-0.15, -0.1) is 6.42 Å². The molecule has 0 fully saturated rings. The summed E-state index contributed by atoms with van der Waals surface area (Å²) in [5.41, 5.74) is 16.1. The van der Waals surface area contributed by atoms with E-state index in [-0.39, 0.29) is 5.92 Å². The molecule has 1 aliphatic heterocycles. The summed E-state index contributed by atoms with van der Waals surface area (Å²) in [6.45, 7) is 26.3. The molecule has 29 heavy (non-hydrogen) atoms. The second kappa shape index (κ2) is 11.9. The number of nitrogens with two attached hydrogens (primary N) is 1. The van der Waals surface area contributed by atoms with Crippen molar-refractivity contribution in [2.24, 2.45) is 10.7 Å². The molecule has 1 atom stereocenters. The minimum absolute atomic E-state index is 0.0153. The molecular formula is C27H38N2. The van der Waals surface area contributed by atoms with Crippen LogP contribution in [0.25, 0.3) is 0 Å². The summed E-state index contributed by atoms with van der Waals surface area (Å²) in [6, 6.07) is 6.11. The van der Waals surface area contributed by atoms with E-state index >= 15 is 0 Å². The van der Waals surface area contributed by atoms with Gasteiger partial charge in [0.05, 0.1) is 5.71 Å². The lowest BCUT2D eigenvalue weighted by molar-refractivity contribution is 0.889. The minimum Gasteiger partial charge on any atom is -0.402 e. The van der Waals surface area contributed by atoms with E-state index in [1.54, 1.807) is 0 Å². The predicted octanol–water partition coefficient (Wildman–Crippen LogP) is 7.23. The second-order valence-corrected chi connectivity index (χ2v) is 6.77. The maximum absolute atomic E-state index is 6.31. The van der Waals surface area contributed by atoms with E-state index in [0.29, 0.717) is 0 Å². The molecule has 156 valence electrons. The van der Waals surface area contributed by atoms with Crippen molar-refractivity contribution < 1.29 is 0 Å². The van der Waals surface area contributed by atoms with Gasteiger partial charge in [0.25, 0.3) is 0 Å². The largest absolute Gasteiger partial charge is 0.402 e. The highest BCUT2D eigenvalue weighted by Gasteiger charge is 2.32. The predicted molar refractivity (Wildman–Crippen MR) is 131 cm³/mol. The molecule has 0 aromatic heterocycles. The minimum atomic E-state index is -0.0153. The second-order valence-electron chi connectivity index (χ2n) is 6.77. The molecule has 2 rings (SSSR count). The summed E-state index contributed by atoms with van der Waals surface area (Å²) in [5, 5.41) is 0. The van der Waals surface area contributed by atoms with Gasteiger partial charge < -0.3 is 5.73 Å². The topological polar surface area (TPSA) is 38.4 Å². The molecule has 2 heteroatoms. The first-order valence-corrected chi connectivity index (χ1v) is 10.3. The van der Waals surface area contributed by atoms with E-state index < -0.39 is 0 Å². The average Bonchev–Trinajstić information content (AvgIpc) is 2.69. The SMILES string of the molecule is C#Cc1ccc([C@H]2C(C(=C)C)=C(C)N=C(C(=C)C)/C2=C(/C)N)c(C)c1.CC.CC. The number of hydrogen-bond acceptors (Lipinski definition) is 2. The van der Waals surface area contributed by atoms with Crippen LogP contribution in [0.2, 0.25) is 0 Å². The van der Waals surface area contributed by atoms with Gasteiger partial charge in [0.2, 0.25) is 0 Å². The summed E-state index contributed by atoms with van der Waals surface area (Å²) >= 11 is 0. The lowest BCUT2D eigenvalue weighted by atomic mass is 9.74. The summed E-state index contributed by atoms with van der Waals surface area (Å²) in [7, 11) is 0. The highest BCUT2D eigenvalue weighted by molar-refractivity contribution is 6.14. The zero-order valence-corrected chi connectivity index (χ0v) is 19.8. The van der Waals surface area contributed by atoms with Crippen molar-refractivity contribution in [2.75, 3.05) is 0 Å². The van der Waals surface area contributed by atoms with E-state index in [9.17, 15) is 0 Å². The quantitative estimate of drug-likeness (QED) is 0.543. The Kier molecular flexibility index (Phi) is 10.8. The molecule has 0 saturated heterocycles. The van der Waals surface area contributed by atoms with Crippen LogP contribution in [-0.4, -0.2) is 5.71 Å². The Bertz CT molecular complexity index is 895. The van der Waals surface area contributed by atoms with Crippen LogP contribution < -0.4 is 5.73 Å². The fourth-order valence-corrected chi connectivity index (χ4v) is 3.47. The first-order chi connectivity index (χ1) is 13.7. The van der Waals surface area contributed by atoms with E-state index in [0.717, 1.165) is 50.5 Å². The Morgan fingerprint density at radius 1 is 1.03 bits per heavy atom. The van der Waals surface area contributed by atoms with Crippen LogP contribution in [0.3, 0.4) is 0 Å². The van der Waals surface area contributed by atoms with Gasteiger partial charge >= 0.3 is 0 Å². The third-order valence-electron chi connectivity index (χ3n) is 4.54. The van der Waals surface area contributed by atoms with Crippen molar-refractivity contribution in [3.8, 4) is 12.3 Å². The van der Waals surface area contributed by atoms with Gasteiger partial charge in [0.15, 0.2) is 0 Å². The summed E-state index contributed by atoms with van der Waals surface area (Å²) < 4.78 is 0. The van der Waals surface area contributed by atoms with Crippen molar-refractivity contribution in [1.82, 2.24) is 0 Å². The molecule has 1 aromatic carbocycles. The Balaban J connectivity index is 0.00000184. The highest BCUT2D eigenvalue weighted by Crippen LogP contribution is 2.44. The average molecular weight is 391 g/mol. The first-order valence-electron chi connectivity index (χ1n) is 10.3. The van der Waals surface area contributed by atoms with Crippen LogP contribution in [0.15, 0.2) is 70.0 Å². The third-order valence-corrected chi connectivity index (χ3v) is 4.54. The van der Waals surface area contributed by atoms with E-state index in [1.807, 2.05) is 67.5 Å². The van der Waals surface area contributed by atoms with Gasteiger partial charge in [-0.25, -0.2) is 0 Å². The molecule has 0 spiro atoms. The molecule has 2 N–H and O–H groups in total. The number of terminal acetylenes is 1. The number of aliphatic imine (C=N–C) groups is 1. The van der Waals surface area contributed by atoms with E-state index in [2.05, 4.69) is 32.1 Å². The standard InChI is InChI=1S/C23H26N2.2C2H6/c1-9-18-10-11-19(15(6)12-18)22-20(13(2)3)17(8)25-23(14(4)5)21(22)16(7)24;2*1-2/h1,10-12,22H,2,4,24H2,3,5-8H3;2*1-2H3/b21-16-;;/t22-;;/m0../s1. The molecule has 0 saturated carbocycles. The number of rotatable bonds is 3. The van der Waals surface area contributed by atoms with Crippen LogP contribution >= 0.6 is 0 Å². The van der Waals surface area contributed by atoms with Crippen molar-refractivity contribution in [2.45, 2.75) is 68.2 Å². The molecule has 1 aromatic rings. The monoisotopic (exact) mass is 390 g/mol. The lowest BCUT2D eigenvalue weighted by Crippen LogP contribution is -2.24. The van der Waals surface area contributed by atoms with E-state index in [1.165, 1.54) is 5.56 Å². The van der Waals surface area contributed by atoms with E-state index in [4.69, 9.17) is 17.1 Å². The molecule has 0 bridgehead atoms. The van der Waals surface area contributed by atoms with Gasteiger partial charge in [-0.1, -0.05) is 58.4 Å². The summed E-state index contributed by atoms with van der Waals surface area (Å²) in [4.78, 5) is 4.79. The molecular weight excluding hydrogens is 352 g/mol. The maximum atomic E-state index is 6.31. The zero-order valence-electron chi connectivity index (χ0n) is 19.8. The Morgan fingerprint density at radius 3 is 1.97 bits per heavy atom. The van der Waals surface area contributed by atoms with Crippen molar-refractivity contribution in [1.29, 1.82) is 0 Å². The Hall–Kier alpha value is -2.79. The van der Waals surface area contributed by atoms with Crippen molar-refractivity contribution in [3.63, 3.8) is 0 Å². The van der Waals surface area contributed by atoms with Crippen molar-refractivity contribution >= 4 is 5.71 Å². The fourth-order valence-electron chi connectivity index (χ4n) is 3.47. The number of hydrogen-bond donors (Lipinski definition) is 1. The van der Waals surface area contributed by atoms with Gasteiger partial charge in [-0.3, -0.25) is 4.99 Å². The number of benzene rings is 1. The lowest BCUT2D eigenvalue weighted by Gasteiger charge is -2.32. The first kappa shape index (κ1) is 26.2. The van der Waals surface area contributed by atoms with Gasteiger partial charge in [0.1, 0.15) is 0 Å². The molecule has 2 nitrogen and oxygen atoms in total. The third kappa shape index (κ3) is 5.84. The fraction of sp³-hybridized carbons (Fsp3) is 0.370. The summed E-state index contributed by atoms with van der Waals surface area (Å²) in [6.07, 6.45) is 5.55. The number of allylic oxidation sites excluding steroid dienone is 6. The zero-order chi connectivity index (χ0) is 22.9. The molecule has 0 unspecified atom stereocenters. The Labute approximate surface area is 179 Å². The van der Waals surface area contributed by atoms with Crippen LogP contribution in [0.5, 0.6) is 0 Å². The van der Waals surface area contributed by atoms with Crippen LogP contribution in [-0.2, 0) is 0 Å². The van der Waals surface area contributed by atoms with Crippen LogP contribution in [0.1, 0.15) is 78.0 Å². The Morgan fingerprint density at radius 2 is 1.59 bits per heavy atom. The maximum Gasteiger partial charge on any atom is 0.0714 e. The van der Waals surface area contributed by atoms with Gasteiger partial charge in [-0.2, -0.15) is 0 Å². The molecule has 1 aliphatic rings. The smallest absolute Gasteiger partial charge is 0.0714 e. The normalized spacial score (nSPS) is 17.0. The number of aryl methyl sites for hydroxylation is 1. The molecule has 0 amide bonds. The van der Waals surface area contributed by atoms with Gasteiger partial charge in [0, 0.05) is 28.4 Å². The molecule has 0 radical (unpaired) electrons. The number of nitrogens with zero attached hydrogens (tertiary/aromatic N) is 1.